The minimum absolute atomic E-state index is 0.0278. The molecule has 0 aromatic heterocycles. The Hall–Kier alpha value is -4.11. The van der Waals surface area contributed by atoms with E-state index in [4.69, 9.17) is 26.1 Å². The third kappa shape index (κ3) is 6.23. The van der Waals surface area contributed by atoms with Gasteiger partial charge in [0, 0.05) is 31.3 Å². The van der Waals surface area contributed by atoms with E-state index in [1.807, 2.05) is 26.0 Å². The van der Waals surface area contributed by atoms with Crippen molar-refractivity contribution in [3.8, 4) is 11.5 Å². The van der Waals surface area contributed by atoms with Gasteiger partial charge in [-0.05, 0) is 68.8 Å². The summed E-state index contributed by atoms with van der Waals surface area (Å²) < 4.78 is 10.5. The molecule has 1 aliphatic rings. The predicted octanol–water partition coefficient (Wildman–Crippen LogP) is 4.99. The third-order valence-electron chi connectivity index (χ3n) is 5.99. The number of carbonyl (C=O) groups excluding carboxylic acids is 3. The van der Waals surface area contributed by atoms with Gasteiger partial charge < -0.3 is 25.0 Å². The SMILES string of the molecule is CCN(CC)c1ccc(/N=C2\C=C(NC(=O)c3ccc(OC)c(OC)c3)C(=O)C(Cl)=C2C)c(NC(C)=O)c1. The van der Waals surface area contributed by atoms with E-state index >= 15 is 0 Å². The molecule has 1 aliphatic carbocycles. The first kappa shape index (κ1) is 28.5. The number of halogens is 1. The molecule has 0 aliphatic heterocycles. The Morgan fingerprint density at radius 1 is 1.00 bits per heavy atom. The number of ether oxygens (including phenoxy) is 2. The molecule has 2 aromatic rings. The zero-order valence-electron chi connectivity index (χ0n) is 22.3. The summed E-state index contributed by atoms with van der Waals surface area (Å²) >= 11 is 6.36. The summed E-state index contributed by atoms with van der Waals surface area (Å²) in [6, 6.07) is 10.2. The lowest BCUT2D eigenvalue weighted by molar-refractivity contribution is -0.114. The van der Waals surface area contributed by atoms with Gasteiger partial charge in [-0.15, -0.1) is 0 Å². The van der Waals surface area contributed by atoms with Gasteiger partial charge in [-0.25, -0.2) is 4.99 Å². The van der Waals surface area contributed by atoms with E-state index in [9.17, 15) is 14.4 Å². The van der Waals surface area contributed by atoms with Crippen LogP contribution in [0.25, 0.3) is 0 Å². The molecule has 0 atom stereocenters. The first-order valence-corrected chi connectivity index (χ1v) is 12.4. The van der Waals surface area contributed by atoms with Crippen LogP contribution in [0.1, 0.15) is 38.1 Å². The number of carbonyl (C=O) groups is 3. The van der Waals surface area contributed by atoms with Crippen LogP contribution in [0.5, 0.6) is 11.5 Å². The van der Waals surface area contributed by atoms with Crippen LogP contribution < -0.4 is 25.0 Å². The molecule has 9 nitrogen and oxygen atoms in total. The van der Waals surface area contributed by atoms with E-state index in [0.717, 1.165) is 18.8 Å². The molecule has 0 bridgehead atoms. The molecular formula is C28H31ClN4O5. The number of nitrogens with zero attached hydrogens (tertiary/aromatic N) is 2. The fourth-order valence-electron chi connectivity index (χ4n) is 3.92. The van der Waals surface area contributed by atoms with Gasteiger partial charge in [0.25, 0.3) is 5.91 Å². The van der Waals surface area contributed by atoms with Crippen LogP contribution >= 0.6 is 11.6 Å². The number of hydrogen-bond acceptors (Lipinski definition) is 7. The zero-order valence-corrected chi connectivity index (χ0v) is 23.0. The van der Waals surface area contributed by atoms with Crippen molar-refractivity contribution in [3.63, 3.8) is 0 Å². The molecule has 0 heterocycles. The molecule has 0 radical (unpaired) electrons. The van der Waals surface area contributed by atoms with Crippen molar-refractivity contribution in [3.05, 3.63) is 64.3 Å². The highest BCUT2D eigenvalue weighted by atomic mass is 35.5. The third-order valence-corrected chi connectivity index (χ3v) is 6.45. The number of aliphatic imine (C=N–C) groups is 1. The van der Waals surface area contributed by atoms with Crippen LogP contribution in [0.15, 0.2) is 63.8 Å². The van der Waals surface area contributed by atoms with Gasteiger partial charge in [0.15, 0.2) is 11.5 Å². The molecule has 0 fully saturated rings. The largest absolute Gasteiger partial charge is 0.493 e. The van der Waals surface area contributed by atoms with Gasteiger partial charge in [-0.2, -0.15) is 0 Å². The molecule has 0 saturated carbocycles. The first-order chi connectivity index (χ1) is 18.1. The first-order valence-electron chi connectivity index (χ1n) is 12.0. The maximum atomic E-state index is 13.0. The van der Waals surface area contributed by atoms with Gasteiger partial charge in [0.1, 0.15) is 0 Å². The highest BCUT2D eigenvalue weighted by Crippen LogP contribution is 2.33. The van der Waals surface area contributed by atoms with Crippen molar-refractivity contribution < 1.29 is 23.9 Å². The normalized spacial score (nSPS) is 14.2. The van der Waals surface area contributed by atoms with Crippen LogP contribution in [0.2, 0.25) is 0 Å². The number of rotatable bonds is 9. The lowest BCUT2D eigenvalue weighted by atomic mass is 10.0. The van der Waals surface area contributed by atoms with Gasteiger partial charge in [-0.1, -0.05) is 11.6 Å². The summed E-state index contributed by atoms with van der Waals surface area (Å²) in [5, 5.41) is 5.39. The van der Waals surface area contributed by atoms with Crippen molar-refractivity contribution in [2.75, 3.05) is 37.5 Å². The van der Waals surface area contributed by atoms with Crippen LogP contribution in [0.4, 0.5) is 17.1 Å². The molecule has 2 N–H and O–H groups in total. The molecular weight excluding hydrogens is 508 g/mol. The van der Waals surface area contributed by atoms with Gasteiger partial charge >= 0.3 is 0 Å². The average Bonchev–Trinajstić information content (AvgIpc) is 2.91. The number of amides is 2. The average molecular weight is 539 g/mol. The number of ketones is 1. The second kappa shape index (κ2) is 12.4. The van der Waals surface area contributed by atoms with E-state index in [0.29, 0.717) is 34.2 Å². The number of nitrogens with one attached hydrogen (secondary N) is 2. The van der Waals surface area contributed by atoms with Crippen LogP contribution in [-0.2, 0) is 9.59 Å². The van der Waals surface area contributed by atoms with Gasteiger partial charge in [0.2, 0.25) is 11.7 Å². The van der Waals surface area contributed by atoms with Crippen molar-refractivity contribution in [1.82, 2.24) is 5.32 Å². The van der Waals surface area contributed by atoms with E-state index in [2.05, 4.69) is 15.5 Å². The maximum Gasteiger partial charge on any atom is 0.255 e. The van der Waals surface area contributed by atoms with Crippen LogP contribution in [0, 0.1) is 0 Å². The Bertz CT molecular complexity index is 1360. The summed E-state index contributed by atoms with van der Waals surface area (Å²) in [5.41, 5.74) is 2.98. The van der Waals surface area contributed by atoms with Crippen molar-refractivity contribution in [2.45, 2.75) is 27.7 Å². The fourth-order valence-corrected chi connectivity index (χ4v) is 4.12. The lowest BCUT2D eigenvalue weighted by Crippen LogP contribution is -2.31. The van der Waals surface area contributed by atoms with Crippen molar-refractivity contribution in [2.24, 2.45) is 4.99 Å². The second-order valence-corrected chi connectivity index (χ2v) is 8.78. The van der Waals surface area contributed by atoms with E-state index < -0.39 is 11.7 Å². The Morgan fingerprint density at radius 2 is 1.68 bits per heavy atom. The molecule has 3 rings (SSSR count). The van der Waals surface area contributed by atoms with Gasteiger partial charge in [0.05, 0.1) is 42.0 Å². The minimum atomic E-state index is -0.532. The molecule has 38 heavy (non-hydrogen) atoms. The standard InChI is InChI=1S/C28H31ClN4O5/c1-7-33(8-2)19-10-11-20(22(14-19)30-17(4)34)31-21-15-23(27(35)26(29)16(21)3)32-28(36)18-9-12-24(37-5)25(13-18)38-6/h9-15H,7-8H2,1-6H3,(H,30,34)(H,32,36)/b31-21+. The molecule has 200 valence electrons. The summed E-state index contributed by atoms with van der Waals surface area (Å²) in [6.45, 7) is 8.79. The molecule has 0 unspecified atom stereocenters. The van der Waals surface area contributed by atoms with E-state index in [-0.39, 0.29) is 22.2 Å². The second-order valence-electron chi connectivity index (χ2n) is 8.40. The number of benzene rings is 2. The van der Waals surface area contributed by atoms with E-state index in [1.54, 1.807) is 25.1 Å². The number of Topliss-reactive ketones (excluding diaryl/α,β-unsaturated/α-hetero) is 1. The predicted molar refractivity (Wildman–Crippen MR) is 150 cm³/mol. The quantitative estimate of drug-likeness (QED) is 0.435. The number of allylic oxidation sites excluding steroid dienone is 3. The summed E-state index contributed by atoms with van der Waals surface area (Å²) in [7, 11) is 2.96. The maximum absolute atomic E-state index is 13.0. The highest BCUT2D eigenvalue weighted by molar-refractivity contribution is 6.49. The molecule has 0 spiro atoms. The smallest absolute Gasteiger partial charge is 0.255 e. The Balaban J connectivity index is 2.01. The van der Waals surface area contributed by atoms with Crippen LogP contribution in [0.3, 0.4) is 0 Å². The zero-order chi connectivity index (χ0) is 28.0. The number of methoxy groups -OCH3 is 2. The number of anilines is 2. The van der Waals surface area contributed by atoms with Crippen molar-refractivity contribution in [1.29, 1.82) is 0 Å². The Labute approximate surface area is 227 Å². The summed E-state index contributed by atoms with van der Waals surface area (Å²) in [5.74, 6) is -0.466. The lowest BCUT2D eigenvalue weighted by Gasteiger charge is -2.22. The van der Waals surface area contributed by atoms with E-state index in [1.165, 1.54) is 33.3 Å². The molecule has 2 amide bonds. The van der Waals surface area contributed by atoms with Crippen LogP contribution in [-0.4, -0.2) is 50.6 Å². The summed E-state index contributed by atoms with van der Waals surface area (Å²) in [6.07, 6.45) is 1.47. The van der Waals surface area contributed by atoms with Gasteiger partial charge in [-0.3, -0.25) is 14.4 Å². The number of hydrogen-bond donors (Lipinski definition) is 2. The molecule has 10 heteroatoms. The monoisotopic (exact) mass is 538 g/mol. The highest BCUT2D eigenvalue weighted by Gasteiger charge is 2.26. The topological polar surface area (TPSA) is 109 Å². The molecule has 0 saturated heterocycles. The Kier molecular flexibility index (Phi) is 9.30. The molecule has 2 aromatic carbocycles. The Morgan fingerprint density at radius 3 is 2.29 bits per heavy atom. The van der Waals surface area contributed by atoms with Crippen molar-refractivity contribution >= 4 is 52.0 Å². The fraction of sp³-hybridized carbons (Fsp3) is 0.286. The summed E-state index contributed by atoms with van der Waals surface area (Å²) in [4.78, 5) is 44.6. The minimum Gasteiger partial charge on any atom is -0.493 e.